The van der Waals surface area contributed by atoms with Crippen molar-refractivity contribution in [3.05, 3.63) is 52.2 Å². The average molecular weight is 274 g/mol. The van der Waals surface area contributed by atoms with Crippen molar-refractivity contribution >= 4 is 22.9 Å². The van der Waals surface area contributed by atoms with Crippen LogP contribution in [0.15, 0.2) is 41.8 Å². The van der Waals surface area contributed by atoms with Crippen LogP contribution in [0.25, 0.3) is 0 Å². The molecule has 1 heterocycles. The van der Waals surface area contributed by atoms with Crippen molar-refractivity contribution in [1.82, 2.24) is 5.32 Å². The number of carbonyl (C=O) groups is 1. The molecule has 4 heteroatoms. The fourth-order valence-electron chi connectivity index (χ4n) is 1.87. The van der Waals surface area contributed by atoms with Gasteiger partial charge in [-0.2, -0.15) is 0 Å². The third kappa shape index (κ3) is 4.19. The summed E-state index contributed by atoms with van der Waals surface area (Å²) in [7, 11) is 0. The minimum Gasteiger partial charge on any atom is -0.326 e. The van der Waals surface area contributed by atoms with Gasteiger partial charge in [-0.05, 0) is 36.1 Å². The van der Waals surface area contributed by atoms with E-state index in [9.17, 15) is 4.79 Å². The quantitative estimate of drug-likeness (QED) is 0.875. The molecule has 100 valence electrons. The SMILES string of the molecule is CC(=O)Nc1cccc(C(C)NCc2cccs2)c1. The van der Waals surface area contributed by atoms with Crippen molar-refractivity contribution in [1.29, 1.82) is 0 Å². The largest absolute Gasteiger partial charge is 0.326 e. The minimum atomic E-state index is -0.0450. The average Bonchev–Trinajstić information content (AvgIpc) is 2.88. The highest BCUT2D eigenvalue weighted by atomic mass is 32.1. The first-order valence-electron chi connectivity index (χ1n) is 6.28. The van der Waals surface area contributed by atoms with Crippen LogP contribution in [0.4, 0.5) is 5.69 Å². The molecule has 1 aromatic heterocycles. The van der Waals surface area contributed by atoms with Crippen molar-refractivity contribution in [2.24, 2.45) is 0 Å². The van der Waals surface area contributed by atoms with Gasteiger partial charge in [0.15, 0.2) is 0 Å². The van der Waals surface area contributed by atoms with Crippen LogP contribution in [0.2, 0.25) is 0 Å². The predicted octanol–water partition coefficient (Wildman–Crippen LogP) is 3.56. The van der Waals surface area contributed by atoms with Crippen LogP contribution in [0.5, 0.6) is 0 Å². The Balaban J connectivity index is 1.98. The number of nitrogens with one attached hydrogen (secondary N) is 2. The molecule has 19 heavy (non-hydrogen) atoms. The summed E-state index contributed by atoms with van der Waals surface area (Å²) >= 11 is 1.75. The molecule has 0 saturated heterocycles. The first-order valence-corrected chi connectivity index (χ1v) is 7.16. The van der Waals surface area contributed by atoms with Gasteiger partial charge < -0.3 is 10.6 Å². The fraction of sp³-hybridized carbons (Fsp3) is 0.267. The molecule has 2 aromatic rings. The van der Waals surface area contributed by atoms with Gasteiger partial charge in [0.25, 0.3) is 0 Å². The van der Waals surface area contributed by atoms with E-state index in [1.165, 1.54) is 17.4 Å². The molecule has 0 radical (unpaired) electrons. The molecular weight excluding hydrogens is 256 g/mol. The molecule has 0 aliphatic rings. The van der Waals surface area contributed by atoms with Gasteiger partial charge in [0.05, 0.1) is 0 Å². The molecular formula is C15H18N2OS. The van der Waals surface area contributed by atoms with E-state index in [4.69, 9.17) is 0 Å². The number of benzene rings is 1. The highest BCUT2D eigenvalue weighted by Gasteiger charge is 2.06. The lowest BCUT2D eigenvalue weighted by molar-refractivity contribution is -0.114. The van der Waals surface area contributed by atoms with Gasteiger partial charge in [-0.15, -0.1) is 11.3 Å². The Bertz CT molecular complexity index is 537. The smallest absolute Gasteiger partial charge is 0.221 e. The van der Waals surface area contributed by atoms with Crippen LogP contribution in [-0.2, 0) is 11.3 Å². The van der Waals surface area contributed by atoms with E-state index in [1.807, 2.05) is 18.2 Å². The number of amides is 1. The van der Waals surface area contributed by atoms with Crippen LogP contribution < -0.4 is 10.6 Å². The molecule has 1 atom stereocenters. The molecule has 0 saturated carbocycles. The van der Waals surface area contributed by atoms with Crippen LogP contribution >= 0.6 is 11.3 Å². The van der Waals surface area contributed by atoms with Crippen molar-refractivity contribution in [2.75, 3.05) is 5.32 Å². The topological polar surface area (TPSA) is 41.1 Å². The number of carbonyl (C=O) groups excluding carboxylic acids is 1. The van der Waals surface area contributed by atoms with E-state index >= 15 is 0 Å². The second kappa shape index (κ2) is 6.50. The zero-order valence-corrected chi connectivity index (χ0v) is 12.0. The second-order valence-electron chi connectivity index (χ2n) is 4.49. The Morgan fingerprint density at radius 1 is 1.32 bits per heavy atom. The van der Waals surface area contributed by atoms with E-state index in [2.05, 4.69) is 41.1 Å². The van der Waals surface area contributed by atoms with Crippen molar-refractivity contribution < 1.29 is 4.79 Å². The third-order valence-corrected chi connectivity index (χ3v) is 3.75. The monoisotopic (exact) mass is 274 g/mol. The maximum Gasteiger partial charge on any atom is 0.221 e. The van der Waals surface area contributed by atoms with Gasteiger partial charge in [-0.25, -0.2) is 0 Å². The predicted molar refractivity (Wildman–Crippen MR) is 80.3 cm³/mol. The van der Waals surface area contributed by atoms with Gasteiger partial charge in [0, 0.05) is 30.1 Å². The Hall–Kier alpha value is -1.65. The van der Waals surface area contributed by atoms with Crippen molar-refractivity contribution in [2.45, 2.75) is 26.4 Å². The first kappa shape index (κ1) is 13.8. The Kier molecular flexibility index (Phi) is 4.71. The second-order valence-corrected chi connectivity index (χ2v) is 5.52. The summed E-state index contributed by atoms with van der Waals surface area (Å²) in [6.45, 7) is 4.51. The summed E-state index contributed by atoms with van der Waals surface area (Å²) in [6, 6.07) is 12.4. The van der Waals surface area contributed by atoms with E-state index in [0.717, 1.165) is 12.2 Å². The molecule has 3 nitrogen and oxygen atoms in total. The number of anilines is 1. The van der Waals surface area contributed by atoms with Gasteiger partial charge in [-0.3, -0.25) is 4.79 Å². The summed E-state index contributed by atoms with van der Waals surface area (Å²) < 4.78 is 0. The lowest BCUT2D eigenvalue weighted by Crippen LogP contribution is -2.17. The highest BCUT2D eigenvalue weighted by molar-refractivity contribution is 7.09. The van der Waals surface area contributed by atoms with Crippen LogP contribution in [0.3, 0.4) is 0 Å². The molecule has 1 amide bonds. The van der Waals surface area contributed by atoms with Gasteiger partial charge in [0.2, 0.25) is 5.91 Å². The lowest BCUT2D eigenvalue weighted by Gasteiger charge is -2.15. The molecule has 1 unspecified atom stereocenters. The molecule has 0 bridgehead atoms. The summed E-state index contributed by atoms with van der Waals surface area (Å²) in [5.74, 6) is -0.0450. The fourth-order valence-corrected chi connectivity index (χ4v) is 2.53. The van der Waals surface area contributed by atoms with Crippen LogP contribution in [0, 0.1) is 0 Å². The molecule has 1 aromatic carbocycles. The molecule has 0 fully saturated rings. The maximum atomic E-state index is 11.1. The maximum absolute atomic E-state index is 11.1. The first-order chi connectivity index (χ1) is 9.15. The van der Waals surface area contributed by atoms with Gasteiger partial charge in [-0.1, -0.05) is 18.2 Å². The number of thiophene rings is 1. The molecule has 0 spiro atoms. The van der Waals surface area contributed by atoms with Crippen LogP contribution in [-0.4, -0.2) is 5.91 Å². The van der Waals surface area contributed by atoms with E-state index < -0.39 is 0 Å². The summed E-state index contributed by atoms with van der Waals surface area (Å²) in [5, 5.41) is 8.37. The Morgan fingerprint density at radius 3 is 2.84 bits per heavy atom. The van der Waals surface area contributed by atoms with Crippen LogP contribution in [0.1, 0.15) is 30.3 Å². The highest BCUT2D eigenvalue weighted by Crippen LogP contribution is 2.18. The van der Waals surface area contributed by atoms with E-state index in [0.29, 0.717) is 0 Å². The molecule has 2 N–H and O–H groups in total. The number of hydrogen-bond donors (Lipinski definition) is 2. The molecule has 0 aliphatic heterocycles. The number of rotatable bonds is 5. The molecule has 0 aliphatic carbocycles. The summed E-state index contributed by atoms with van der Waals surface area (Å²) in [5.41, 5.74) is 2.01. The zero-order chi connectivity index (χ0) is 13.7. The van der Waals surface area contributed by atoms with Gasteiger partial charge in [0.1, 0.15) is 0 Å². The zero-order valence-electron chi connectivity index (χ0n) is 11.1. The lowest BCUT2D eigenvalue weighted by atomic mass is 10.1. The van der Waals surface area contributed by atoms with E-state index in [-0.39, 0.29) is 11.9 Å². The summed E-state index contributed by atoms with van der Waals surface area (Å²) in [4.78, 5) is 12.4. The number of hydrogen-bond acceptors (Lipinski definition) is 3. The Morgan fingerprint density at radius 2 is 2.16 bits per heavy atom. The normalized spacial score (nSPS) is 12.1. The van der Waals surface area contributed by atoms with E-state index in [1.54, 1.807) is 11.3 Å². The Labute approximate surface area is 117 Å². The minimum absolute atomic E-state index is 0.0450. The van der Waals surface area contributed by atoms with Gasteiger partial charge >= 0.3 is 0 Å². The molecule has 2 rings (SSSR count). The van der Waals surface area contributed by atoms with Crippen molar-refractivity contribution in [3.63, 3.8) is 0 Å². The summed E-state index contributed by atoms with van der Waals surface area (Å²) in [6.07, 6.45) is 0. The van der Waals surface area contributed by atoms with Crippen molar-refractivity contribution in [3.8, 4) is 0 Å². The third-order valence-electron chi connectivity index (χ3n) is 2.87. The standard InChI is InChI=1S/C15H18N2OS/c1-11(16-10-15-7-4-8-19-15)13-5-3-6-14(9-13)17-12(2)18/h3-9,11,16H,10H2,1-2H3,(H,17,18).